The summed E-state index contributed by atoms with van der Waals surface area (Å²) in [5.41, 5.74) is 0.517. The van der Waals surface area contributed by atoms with Crippen LogP contribution < -0.4 is 5.32 Å². The molecule has 2 saturated heterocycles. The van der Waals surface area contributed by atoms with Crippen LogP contribution in [-0.2, 0) is 4.74 Å². The standard InChI is InChI=1S/C14H28N2O/c1-3-14(7-8-15-11-14)12-16(2)10-13-6-4-5-9-17-13/h13,15H,3-12H2,1-2H3. The van der Waals surface area contributed by atoms with E-state index >= 15 is 0 Å². The van der Waals surface area contributed by atoms with Crippen LogP contribution in [0.2, 0.25) is 0 Å². The van der Waals surface area contributed by atoms with Gasteiger partial charge in [0.15, 0.2) is 0 Å². The van der Waals surface area contributed by atoms with Gasteiger partial charge in [0.1, 0.15) is 0 Å². The third-order valence-corrected chi connectivity index (χ3v) is 4.48. The molecule has 2 heterocycles. The van der Waals surface area contributed by atoms with Gasteiger partial charge in [0, 0.05) is 26.2 Å². The fourth-order valence-electron chi connectivity index (χ4n) is 3.28. The Hall–Kier alpha value is -0.120. The van der Waals surface area contributed by atoms with Crippen LogP contribution in [0, 0.1) is 5.41 Å². The van der Waals surface area contributed by atoms with E-state index in [0.29, 0.717) is 11.5 Å². The molecular weight excluding hydrogens is 212 g/mol. The Morgan fingerprint density at radius 1 is 1.41 bits per heavy atom. The summed E-state index contributed by atoms with van der Waals surface area (Å²) in [6.07, 6.45) is 6.95. The van der Waals surface area contributed by atoms with Crippen molar-refractivity contribution in [2.24, 2.45) is 5.41 Å². The van der Waals surface area contributed by atoms with E-state index in [-0.39, 0.29) is 0 Å². The minimum atomic E-state index is 0.483. The zero-order chi connectivity index (χ0) is 12.1. The van der Waals surface area contributed by atoms with Crippen molar-refractivity contribution in [3.63, 3.8) is 0 Å². The third-order valence-electron chi connectivity index (χ3n) is 4.48. The third kappa shape index (κ3) is 3.67. The van der Waals surface area contributed by atoms with E-state index in [1.54, 1.807) is 0 Å². The van der Waals surface area contributed by atoms with Crippen LogP contribution in [0.1, 0.15) is 39.0 Å². The molecule has 100 valence electrons. The Kier molecular flexibility index (Phi) is 4.83. The molecule has 0 amide bonds. The average molecular weight is 240 g/mol. The van der Waals surface area contributed by atoms with Gasteiger partial charge in [-0.15, -0.1) is 0 Å². The summed E-state index contributed by atoms with van der Waals surface area (Å²) in [6.45, 7) is 8.02. The largest absolute Gasteiger partial charge is 0.377 e. The van der Waals surface area contributed by atoms with Crippen molar-refractivity contribution in [1.82, 2.24) is 10.2 Å². The summed E-state index contributed by atoms with van der Waals surface area (Å²) >= 11 is 0. The predicted octanol–water partition coefficient (Wildman–Crippen LogP) is 1.88. The number of nitrogens with zero attached hydrogens (tertiary/aromatic N) is 1. The Morgan fingerprint density at radius 2 is 2.29 bits per heavy atom. The van der Waals surface area contributed by atoms with Crippen LogP contribution >= 0.6 is 0 Å². The van der Waals surface area contributed by atoms with Crippen molar-refractivity contribution in [3.8, 4) is 0 Å². The summed E-state index contributed by atoms with van der Waals surface area (Å²) < 4.78 is 5.82. The zero-order valence-corrected chi connectivity index (χ0v) is 11.5. The molecule has 2 fully saturated rings. The highest BCUT2D eigenvalue weighted by atomic mass is 16.5. The van der Waals surface area contributed by atoms with Crippen molar-refractivity contribution in [2.75, 3.05) is 39.8 Å². The highest BCUT2D eigenvalue weighted by Crippen LogP contribution is 2.30. The number of hydrogen-bond donors (Lipinski definition) is 1. The number of likely N-dealkylation sites (N-methyl/N-ethyl adjacent to an activating group) is 1. The van der Waals surface area contributed by atoms with E-state index in [2.05, 4.69) is 24.2 Å². The number of ether oxygens (including phenoxy) is 1. The second-order valence-electron chi connectivity index (χ2n) is 5.97. The Labute approximate surface area is 106 Å². The second-order valence-corrected chi connectivity index (χ2v) is 5.97. The molecule has 2 aliphatic rings. The van der Waals surface area contributed by atoms with Gasteiger partial charge in [0.05, 0.1) is 6.10 Å². The van der Waals surface area contributed by atoms with Crippen molar-refractivity contribution < 1.29 is 4.74 Å². The van der Waals surface area contributed by atoms with E-state index in [4.69, 9.17) is 4.74 Å². The molecule has 0 spiro atoms. The van der Waals surface area contributed by atoms with E-state index in [0.717, 1.165) is 13.2 Å². The summed E-state index contributed by atoms with van der Waals surface area (Å²) in [4.78, 5) is 2.49. The normalized spacial score (nSPS) is 34.4. The van der Waals surface area contributed by atoms with Crippen LogP contribution in [-0.4, -0.2) is 50.8 Å². The van der Waals surface area contributed by atoms with Gasteiger partial charge >= 0.3 is 0 Å². The molecule has 3 heteroatoms. The molecule has 0 bridgehead atoms. The van der Waals surface area contributed by atoms with Gasteiger partial charge in [0.25, 0.3) is 0 Å². The molecule has 0 aromatic rings. The minimum absolute atomic E-state index is 0.483. The van der Waals surface area contributed by atoms with Gasteiger partial charge in [-0.05, 0) is 51.1 Å². The van der Waals surface area contributed by atoms with Gasteiger partial charge in [-0.2, -0.15) is 0 Å². The molecule has 0 radical (unpaired) electrons. The maximum absolute atomic E-state index is 5.82. The highest BCUT2D eigenvalue weighted by molar-refractivity contribution is 4.89. The molecule has 0 aromatic carbocycles. The van der Waals surface area contributed by atoms with Gasteiger partial charge in [-0.25, -0.2) is 0 Å². The first kappa shape index (κ1) is 13.3. The van der Waals surface area contributed by atoms with Crippen molar-refractivity contribution in [3.05, 3.63) is 0 Å². The van der Waals surface area contributed by atoms with E-state index < -0.39 is 0 Å². The van der Waals surface area contributed by atoms with Gasteiger partial charge < -0.3 is 15.0 Å². The lowest BCUT2D eigenvalue weighted by Crippen LogP contribution is -2.41. The molecule has 3 nitrogen and oxygen atoms in total. The molecule has 0 aromatic heterocycles. The fraction of sp³-hybridized carbons (Fsp3) is 1.00. The van der Waals surface area contributed by atoms with E-state index in [1.807, 2.05) is 0 Å². The minimum Gasteiger partial charge on any atom is -0.377 e. The lowest BCUT2D eigenvalue weighted by Gasteiger charge is -2.34. The zero-order valence-electron chi connectivity index (χ0n) is 11.5. The quantitative estimate of drug-likeness (QED) is 0.794. The first-order valence-electron chi connectivity index (χ1n) is 7.25. The summed E-state index contributed by atoms with van der Waals surface area (Å²) in [6, 6.07) is 0. The Balaban J connectivity index is 1.77. The summed E-state index contributed by atoms with van der Waals surface area (Å²) in [7, 11) is 2.26. The summed E-state index contributed by atoms with van der Waals surface area (Å²) in [5, 5.41) is 3.52. The van der Waals surface area contributed by atoms with Crippen molar-refractivity contribution >= 4 is 0 Å². The van der Waals surface area contributed by atoms with Crippen LogP contribution in [0.5, 0.6) is 0 Å². The maximum Gasteiger partial charge on any atom is 0.0701 e. The molecule has 2 rings (SSSR count). The predicted molar refractivity (Wildman–Crippen MR) is 71.3 cm³/mol. The lowest BCUT2D eigenvalue weighted by atomic mass is 9.84. The van der Waals surface area contributed by atoms with Gasteiger partial charge in [-0.1, -0.05) is 6.92 Å². The fourth-order valence-corrected chi connectivity index (χ4v) is 3.28. The first-order chi connectivity index (χ1) is 8.24. The smallest absolute Gasteiger partial charge is 0.0701 e. The van der Waals surface area contributed by atoms with Gasteiger partial charge in [0.2, 0.25) is 0 Å². The number of rotatable bonds is 5. The molecular formula is C14H28N2O. The molecule has 17 heavy (non-hydrogen) atoms. The van der Waals surface area contributed by atoms with Crippen LogP contribution in [0.3, 0.4) is 0 Å². The molecule has 0 aliphatic carbocycles. The van der Waals surface area contributed by atoms with E-state index in [9.17, 15) is 0 Å². The van der Waals surface area contributed by atoms with Crippen LogP contribution in [0.25, 0.3) is 0 Å². The van der Waals surface area contributed by atoms with Gasteiger partial charge in [-0.3, -0.25) is 0 Å². The Morgan fingerprint density at radius 3 is 2.88 bits per heavy atom. The van der Waals surface area contributed by atoms with Crippen molar-refractivity contribution in [2.45, 2.75) is 45.1 Å². The SMILES string of the molecule is CCC1(CN(C)CC2CCCCO2)CCNC1. The maximum atomic E-state index is 5.82. The van der Waals surface area contributed by atoms with Crippen LogP contribution in [0.15, 0.2) is 0 Å². The van der Waals surface area contributed by atoms with Crippen LogP contribution in [0.4, 0.5) is 0 Å². The summed E-state index contributed by atoms with van der Waals surface area (Å²) in [5.74, 6) is 0. The number of nitrogens with one attached hydrogen (secondary N) is 1. The second kappa shape index (κ2) is 6.17. The molecule has 1 N–H and O–H groups in total. The van der Waals surface area contributed by atoms with Crippen molar-refractivity contribution in [1.29, 1.82) is 0 Å². The molecule has 0 saturated carbocycles. The molecule has 2 atom stereocenters. The number of hydrogen-bond acceptors (Lipinski definition) is 3. The monoisotopic (exact) mass is 240 g/mol. The molecule has 2 aliphatic heterocycles. The Bertz CT molecular complexity index is 220. The average Bonchev–Trinajstić information content (AvgIpc) is 2.79. The first-order valence-corrected chi connectivity index (χ1v) is 7.25. The topological polar surface area (TPSA) is 24.5 Å². The van der Waals surface area contributed by atoms with E-state index in [1.165, 1.54) is 51.7 Å². The highest BCUT2D eigenvalue weighted by Gasteiger charge is 2.33. The molecule has 2 unspecified atom stereocenters. The lowest BCUT2D eigenvalue weighted by molar-refractivity contribution is -0.00719.